The first kappa shape index (κ1) is 14.0. The lowest BCUT2D eigenvalue weighted by Gasteiger charge is -2.33. The number of nitrogens with two attached hydrogens (primary N) is 1. The number of hydrogen-bond acceptors (Lipinski definition) is 3. The van der Waals surface area contributed by atoms with Gasteiger partial charge >= 0.3 is 0 Å². The number of hydrogen-bond donors (Lipinski definition) is 1. The molecule has 1 saturated carbocycles. The first-order chi connectivity index (χ1) is 8.43. The second-order valence-corrected chi connectivity index (χ2v) is 7.77. The van der Waals surface area contributed by atoms with Crippen molar-refractivity contribution in [3.8, 4) is 0 Å². The van der Waals surface area contributed by atoms with E-state index in [9.17, 15) is 0 Å². The first-order valence-electron chi connectivity index (χ1n) is 7.12. The Morgan fingerprint density at radius 3 is 2.39 bits per heavy atom. The molecular formula is C15H26N2S. The van der Waals surface area contributed by atoms with E-state index in [4.69, 9.17) is 10.7 Å². The van der Waals surface area contributed by atoms with Crippen LogP contribution in [-0.4, -0.2) is 4.98 Å². The Balaban J connectivity index is 2.15. The molecule has 1 fully saturated rings. The Hall–Kier alpha value is -0.410. The highest BCUT2D eigenvalue weighted by atomic mass is 32.1. The van der Waals surface area contributed by atoms with Crippen LogP contribution in [0.1, 0.15) is 80.8 Å². The molecule has 102 valence electrons. The van der Waals surface area contributed by atoms with Crippen LogP contribution in [0, 0.1) is 5.41 Å². The molecule has 1 aromatic rings. The second-order valence-electron chi connectivity index (χ2n) is 6.66. The summed E-state index contributed by atoms with van der Waals surface area (Å²) in [6.07, 6.45) is 5.24. The summed E-state index contributed by atoms with van der Waals surface area (Å²) in [6, 6.07) is 0. The Kier molecular flexibility index (Phi) is 4.12. The topological polar surface area (TPSA) is 38.9 Å². The molecule has 0 radical (unpaired) electrons. The van der Waals surface area contributed by atoms with Crippen LogP contribution in [0.4, 0.5) is 0 Å². The molecule has 0 unspecified atom stereocenters. The molecule has 0 bridgehead atoms. The third-order valence-corrected chi connectivity index (χ3v) is 5.42. The van der Waals surface area contributed by atoms with Crippen LogP contribution in [-0.2, 0) is 6.54 Å². The van der Waals surface area contributed by atoms with Crippen molar-refractivity contribution in [3.05, 3.63) is 15.6 Å². The van der Waals surface area contributed by atoms with Crippen LogP contribution in [0.5, 0.6) is 0 Å². The summed E-state index contributed by atoms with van der Waals surface area (Å²) in [5.74, 6) is 1.18. The van der Waals surface area contributed by atoms with Crippen LogP contribution in [0.3, 0.4) is 0 Å². The Morgan fingerprint density at radius 1 is 1.33 bits per heavy atom. The Bertz CT molecular complexity index is 397. The van der Waals surface area contributed by atoms with Crippen LogP contribution in [0.25, 0.3) is 0 Å². The van der Waals surface area contributed by atoms with E-state index in [2.05, 4.69) is 27.7 Å². The first-order valence-corrected chi connectivity index (χ1v) is 7.94. The molecule has 0 aliphatic heterocycles. The standard InChI is InChI=1S/C15H26N2S/c1-10(2)13-12(9-16)18-14(17-13)11-5-7-15(3,4)8-6-11/h10-11H,5-9,16H2,1-4H3. The Labute approximate surface area is 115 Å². The van der Waals surface area contributed by atoms with Crippen molar-refractivity contribution in [2.24, 2.45) is 11.1 Å². The highest BCUT2D eigenvalue weighted by Gasteiger charge is 2.29. The molecule has 1 heterocycles. The predicted molar refractivity (Wildman–Crippen MR) is 79.1 cm³/mol. The van der Waals surface area contributed by atoms with Gasteiger partial charge in [0.1, 0.15) is 0 Å². The molecule has 0 atom stereocenters. The zero-order valence-corrected chi connectivity index (χ0v) is 12.9. The lowest BCUT2D eigenvalue weighted by atomic mass is 9.73. The summed E-state index contributed by atoms with van der Waals surface area (Å²) in [4.78, 5) is 6.19. The highest BCUT2D eigenvalue weighted by Crippen LogP contribution is 2.44. The van der Waals surface area contributed by atoms with E-state index in [1.54, 1.807) is 0 Å². The molecular weight excluding hydrogens is 240 g/mol. The minimum atomic E-state index is 0.494. The summed E-state index contributed by atoms with van der Waals surface area (Å²) in [6.45, 7) is 9.83. The van der Waals surface area contributed by atoms with E-state index in [1.165, 1.54) is 41.3 Å². The maximum Gasteiger partial charge on any atom is 0.0962 e. The normalized spacial score (nSPS) is 20.6. The molecule has 1 aliphatic rings. The molecule has 2 nitrogen and oxygen atoms in total. The molecule has 18 heavy (non-hydrogen) atoms. The number of aromatic nitrogens is 1. The van der Waals surface area contributed by atoms with Gasteiger partial charge in [0.05, 0.1) is 10.7 Å². The minimum Gasteiger partial charge on any atom is -0.326 e. The zero-order chi connectivity index (χ0) is 13.3. The maximum atomic E-state index is 5.84. The Morgan fingerprint density at radius 2 is 1.94 bits per heavy atom. The van der Waals surface area contributed by atoms with E-state index in [0.717, 1.165) is 0 Å². The van der Waals surface area contributed by atoms with Crippen molar-refractivity contribution >= 4 is 11.3 Å². The van der Waals surface area contributed by atoms with Gasteiger partial charge in [-0.3, -0.25) is 0 Å². The van der Waals surface area contributed by atoms with E-state index in [1.807, 2.05) is 11.3 Å². The lowest BCUT2D eigenvalue weighted by Crippen LogP contribution is -2.20. The van der Waals surface area contributed by atoms with Crippen molar-refractivity contribution < 1.29 is 0 Å². The van der Waals surface area contributed by atoms with Crippen LogP contribution in [0.15, 0.2) is 0 Å². The van der Waals surface area contributed by atoms with Crippen LogP contribution < -0.4 is 5.73 Å². The van der Waals surface area contributed by atoms with Crippen molar-refractivity contribution in [1.82, 2.24) is 4.98 Å². The summed E-state index contributed by atoms with van der Waals surface area (Å²) < 4.78 is 0. The zero-order valence-electron chi connectivity index (χ0n) is 12.1. The SMILES string of the molecule is CC(C)c1nc(C2CCC(C)(C)CC2)sc1CN. The smallest absolute Gasteiger partial charge is 0.0962 e. The third kappa shape index (κ3) is 2.94. The van der Waals surface area contributed by atoms with Gasteiger partial charge in [0.2, 0.25) is 0 Å². The average molecular weight is 266 g/mol. The maximum absolute atomic E-state index is 5.84. The van der Waals surface area contributed by atoms with Crippen LogP contribution in [0.2, 0.25) is 0 Å². The van der Waals surface area contributed by atoms with E-state index >= 15 is 0 Å². The molecule has 0 aromatic carbocycles. The van der Waals surface area contributed by atoms with Gasteiger partial charge in [-0.15, -0.1) is 11.3 Å². The monoisotopic (exact) mass is 266 g/mol. The van der Waals surface area contributed by atoms with Gasteiger partial charge in [-0.2, -0.15) is 0 Å². The molecule has 1 aliphatic carbocycles. The summed E-state index contributed by atoms with van der Waals surface area (Å²) >= 11 is 1.86. The van der Waals surface area contributed by atoms with Gasteiger partial charge in [-0.25, -0.2) is 4.98 Å². The van der Waals surface area contributed by atoms with Crippen molar-refractivity contribution in [1.29, 1.82) is 0 Å². The van der Waals surface area contributed by atoms with Gasteiger partial charge in [-0.1, -0.05) is 27.7 Å². The number of nitrogens with zero attached hydrogens (tertiary/aromatic N) is 1. The van der Waals surface area contributed by atoms with E-state index in [0.29, 0.717) is 23.8 Å². The molecule has 0 saturated heterocycles. The summed E-state index contributed by atoms with van der Waals surface area (Å²) in [5, 5.41) is 1.34. The van der Waals surface area contributed by atoms with Crippen molar-refractivity contribution in [3.63, 3.8) is 0 Å². The van der Waals surface area contributed by atoms with Crippen molar-refractivity contribution in [2.45, 2.75) is 71.8 Å². The van der Waals surface area contributed by atoms with Gasteiger partial charge in [0.25, 0.3) is 0 Å². The lowest BCUT2D eigenvalue weighted by molar-refractivity contribution is 0.224. The van der Waals surface area contributed by atoms with E-state index in [-0.39, 0.29) is 0 Å². The fourth-order valence-electron chi connectivity index (χ4n) is 2.80. The van der Waals surface area contributed by atoms with Crippen molar-refractivity contribution in [2.75, 3.05) is 0 Å². The largest absolute Gasteiger partial charge is 0.326 e. The fraction of sp³-hybridized carbons (Fsp3) is 0.800. The third-order valence-electron chi connectivity index (χ3n) is 4.16. The summed E-state index contributed by atoms with van der Waals surface area (Å²) in [7, 11) is 0. The fourth-order valence-corrected chi connectivity index (χ4v) is 4.07. The number of thiazole rings is 1. The molecule has 1 aromatic heterocycles. The molecule has 3 heteroatoms. The number of rotatable bonds is 3. The minimum absolute atomic E-state index is 0.494. The summed E-state index contributed by atoms with van der Waals surface area (Å²) in [5.41, 5.74) is 7.62. The van der Waals surface area contributed by atoms with Gasteiger partial charge in [-0.05, 0) is 37.0 Å². The molecule has 0 spiro atoms. The molecule has 2 rings (SSSR count). The van der Waals surface area contributed by atoms with E-state index < -0.39 is 0 Å². The van der Waals surface area contributed by atoms with Gasteiger partial charge in [0.15, 0.2) is 0 Å². The quantitative estimate of drug-likeness (QED) is 0.880. The predicted octanol–water partition coefficient (Wildman–Crippen LogP) is 4.41. The highest BCUT2D eigenvalue weighted by molar-refractivity contribution is 7.11. The van der Waals surface area contributed by atoms with Gasteiger partial charge < -0.3 is 5.73 Å². The molecule has 0 amide bonds. The average Bonchev–Trinajstić information content (AvgIpc) is 2.73. The van der Waals surface area contributed by atoms with Gasteiger partial charge in [0, 0.05) is 17.3 Å². The second kappa shape index (κ2) is 5.30. The van der Waals surface area contributed by atoms with Crippen LogP contribution >= 0.6 is 11.3 Å². The molecule has 2 N–H and O–H groups in total.